The molecule has 6 bridgehead atoms. The normalized spacial score (nSPS) is 68.4. The summed E-state index contributed by atoms with van der Waals surface area (Å²) in [4.78, 5) is 0. The first-order chi connectivity index (χ1) is 5.47. The highest BCUT2D eigenvalue weighted by Crippen LogP contribution is 2.77. The van der Waals surface area contributed by atoms with E-state index in [2.05, 4.69) is 12.2 Å². The fourth-order valence-corrected chi connectivity index (χ4v) is 4.67. The first kappa shape index (κ1) is 5.40. The summed E-state index contributed by atoms with van der Waals surface area (Å²) in [6.45, 7) is 0. The number of rotatable bonds is 0. The minimum Gasteiger partial charge on any atom is -0.0882 e. The highest BCUT2D eigenvalue weighted by atomic mass is 14.8. The zero-order valence-electron chi connectivity index (χ0n) is 6.74. The maximum atomic E-state index is 2.45. The lowest BCUT2D eigenvalue weighted by atomic mass is 9.90. The number of hydrogen-bond acceptors (Lipinski definition) is 0. The average molecular weight is 146 g/mol. The van der Waals surface area contributed by atoms with Gasteiger partial charge in [-0.3, -0.25) is 0 Å². The number of allylic oxidation sites excluding steroid dienone is 2. The van der Waals surface area contributed by atoms with E-state index in [0.717, 1.165) is 11.8 Å². The molecule has 0 aromatic heterocycles. The van der Waals surface area contributed by atoms with Crippen LogP contribution in [0, 0.1) is 35.5 Å². The van der Waals surface area contributed by atoms with Gasteiger partial charge in [0.05, 0.1) is 0 Å². The summed E-state index contributed by atoms with van der Waals surface area (Å²) in [5, 5.41) is 0. The topological polar surface area (TPSA) is 0 Å². The summed E-state index contributed by atoms with van der Waals surface area (Å²) in [5.74, 6) is 7.12. The van der Waals surface area contributed by atoms with Crippen LogP contribution in [0.4, 0.5) is 0 Å². The Kier molecular flexibility index (Phi) is 0.706. The maximum absolute atomic E-state index is 2.45. The highest BCUT2D eigenvalue weighted by Gasteiger charge is 2.72. The summed E-state index contributed by atoms with van der Waals surface area (Å²) in [5.41, 5.74) is 0. The monoisotopic (exact) mass is 146 g/mol. The molecule has 4 unspecified atom stereocenters. The lowest BCUT2D eigenvalue weighted by Crippen LogP contribution is -2.08. The second kappa shape index (κ2) is 1.44. The Bertz CT molecular complexity index is 218. The fraction of sp³-hybridized carbons (Fsp3) is 0.818. The third kappa shape index (κ3) is 0.432. The van der Waals surface area contributed by atoms with E-state index in [4.69, 9.17) is 0 Å². The van der Waals surface area contributed by atoms with Crippen molar-refractivity contribution in [2.75, 3.05) is 0 Å². The van der Waals surface area contributed by atoms with Crippen molar-refractivity contribution in [3.63, 3.8) is 0 Å². The van der Waals surface area contributed by atoms with Crippen LogP contribution >= 0.6 is 0 Å². The van der Waals surface area contributed by atoms with Crippen LogP contribution in [-0.4, -0.2) is 0 Å². The molecule has 0 aromatic carbocycles. The van der Waals surface area contributed by atoms with Gasteiger partial charge in [0.2, 0.25) is 0 Å². The van der Waals surface area contributed by atoms with Crippen LogP contribution in [0.3, 0.4) is 0 Å². The van der Waals surface area contributed by atoms with Gasteiger partial charge in [-0.05, 0) is 54.8 Å². The molecule has 0 heteroatoms. The molecular weight excluding hydrogens is 132 g/mol. The van der Waals surface area contributed by atoms with Crippen molar-refractivity contribution in [1.29, 1.82) is 0 Å². The number of hydrogen-bond donors (Lipinski definition) is 0. The Balaban J connectivity index is 1.86. The van der Waals surface area contributed by atoms with Gasteiger partial charge in [-0.1, -0.05) is 12.2 Å². The standard InChI is InChI=1S/C11H14/c1-2-4-7-8-5-9-10(11(7)9)6(8)3-1/h1-2,6-11H,3-5H2/t6-,7+,8?,9?,10?,11?. The van der Waals surface area contributed by atoms with Gasteiger partial charge in [0.25, 0.3) is 0 Å². The molecule has 0 aromatic rings. The second-order valence-electron chi connectivity index (χ2n) is 4.99. The molecular formula is C11H14. The minimum absolute atomic E-state index is 1.15. The van der Waals surface area contributed by atoms with Crippen LogP contribution < -0.4 is 0 Å². The SMILES string of the molecule is C1=CC[C@H]2C3C4CC2[C@H](C1)C43. The maximum Gasteiger partial charge on any atom is -0.0314 e. The van der Waals surface area contributed by atoms with Crippen molar-refractivity contribution >= 4 is 0 Å². The Morgan fingerprint density at radius 3 is 1.91 bits per heavy atom. The molecule has 0 spiro atoms. The van der Waals surface area contributed by atoms with Gasteiger partial charge in [0.1, 0.15) is 0 Å². The van der Waals surface area contributed by atoms with E-state index < -0.39 is 0 Å². The Hall–Kier alpha value is -0.260. The molecule has 0 N–H and O–H groups in total. The van der Waals surface area contributed by atoms with Crippen molar-refractivity contribution in [3.05, 3.63) is 12.2 Å². The Morgan fingerprint density at radius 1 is 0.727 bits per heavy atom. The third-order valence-corrected chi connectivity index (χ3v) is 4.91. The fourth-order valence-electron chi connectivity index (χ4n) is 4.67. The Labute approximate surface area is 67.7 Å². The van der Waals surface area contributed by atoms with E-state index in [0.29, 0.717) is 0 Å². The summed E-state index contributed by atoms with van der Waals surface area (Å²) in [6, 6.07) is 0. The van der Waals surface area contributed by atoms with Crippen LogP contribution in [-0.2, 0) is 0 Å². The van der Waals surface area contributed by atoms with Crippen LogP contribution in [0.1, 0.15) is 19.3 Å². The predicted molar refractivity (Wildman–Crippen MR) is 43.9 cm³/mol. The van der Waals surface area contributed by atoms with Gasteiger partial charge in [0, 0.05) is 0 Å². The molecule has 0 radical (unpaired) electrons. The summed E-state index contributed by atoms with van der Waals surface area (Å²) < 4.78 is 0. The lowest BCUT2D eigenvalue weighted by Gasteiger charge is -2.15. The summed E-state index contributed by atoms with van der Waals surface area (Å²) in [7, 11) is 0. The molecule has 4 saturated carbocycles. The van der Waals surface area contributed by atoms with Crippen molar-refractivity contribution in [2.24, 2.45) is 35.5 Å². The van der Waals surface area contributed by atoms with Gasteiger partial charge in [-0.15, -0.1) is 0 Å². The van der Waals surface area contributed by atoms with E-state index in [9.17, 15) is 0 Å². The predicted octanol–water partition coefficient (Wildman–Crippen LogP) is 2.46. The molecule has 6 atom stereocenters. The zero-order valence-corrected chi connectivity index (χ0v) is 6.74. The van der Waals surface area contributed by atoms with Gasteiger partial charge < -0.3 is 0 Å². The van der Waals surface area contributed by atoms with E-state index in [1.165, 1.54) is 36.5 Å². The zero-order chi connectivity index (χ0) is 7.00. The molecule has 5 aliphatic carbocycles. The molecule has 5 rings (SSSR count). The van der Waals surface area contributed by atoms with E-state index in [-0.39, 0.29) is 0 Å². The molecule has 0 nitrogen and oxygen atoms in total. The van der Waals surface area contributed by atoms with Crippen LogP contribution in [0.15, 0.2) is 12.2 Å². The van der Waals surface area contributed by atoms with Gasteiger partial charge in [-0.2, -0.15) is 0 Å². The molecule has 0 saturated heterocycles. The molecule has 0 heterocycles. The lowest BCUT2D eigenvalue weighted by molar-refractivity contribution is 0.348. The molecule has 58 valence electrons. The largest absolute Gasteiger partial charge is 0.0882 e. The van der Waals surface area contributed by atoms with Gasteiger partial charge in [-0.25, -0.2) is 0 Å². The molecule has 0 amide bonds. The van der Waals surface area contributed by atoms with Crippen LogP contribution in [0.2, 0.25) is 0 Å². The molecule has 5 aliphatic rings. The quantitative estimate of drug-likeness (QED) is 0.460. The van der Waals surface area contributed by atoms with Crippen molar-refractivity contribution in [1.82, 2.24) is 0 Å². The smallest absolute Gasteiger partial charge is 0.0314 e. The van der Waals surface area contributed by atoms with Crippen LogP contribution in [0.5, 0.6) is 0 Å². The van der Waals surface area contributed by atoms with Crippen molar-refractivity contribution in [2.45, 2.75) is 19.3 Å². The van der Waals surface area contributed by atoms with Crippen molar-refractivity contribution in [3.8, 4) is 0 Å². The minimum atomic E-state index is 1.15. The molecule has 11 heavy (non-hydrogen) atoms. The van der Waals surface area contributed by atoms with Crippen LogP contribution in [0.25, 0.3) is 0 Å². The first-order valence-corrected chi connectivity index (χ1v) is 5.12. The Morgan fingerprint density at radius 2 is 1.36 bits per heavy atom. The highest BCUT2D eigenvalue weighted by molar-refractivity contribution is 5.23. The van der Waals surface area contributed by atoms with E-state index in [1.807, 2.05) is 0 Å². The van der Waals surface area contributed by atoms with E-state index in [1.54, 1.807) is 6.42 Å². The van der Waals surface area contributed by atoms with Crippen molar-refractivity contribution < 1.29 is 0 Å². The second-order valence-corrected chi connectivity index (χ2v) is 4.99. The average Bonchev–Trinajstić information content (AvgIpc) is 2.27. The first-order valence-electron chi connectivity index (χ1n) is 5.12. The van der Waals surface area contributed by atoms with Gasteiger partial charge >= 0.3 is 0 Å². The summed E-state index contributed by atoms with van der Waals surface area (Å²) in [6.07, 6.45) is 9.38. The van der Waals surface area contributed by atoms with E-state index >= 15 is 0 Å². The summed E-state index contributed by atoms with van der Waals surface area (Å²) >= 11 is 0. The third-order valence-electron chi connectivity index (χ3n) is 4.91. The molecule has 4 fully saturated rings. The molecule has 0 aliphatic heterocycles. The van der Waals surface area contributed by atoms with Gasteiger partial charge in [0.15, 0.2) is 0 Å².